The van der Waals surface area contributed by atoms with Gasteiger partial charge in [-0.15, -0.1) is 0 Å². The van der Waals surface area contributed by atoms with Gasteiger partial charge < -0.3 is 5.32 Å². The third-order valence-electron chi connectivity index (χ3n) is 4.30. The van der Waals surface area contributed by atoms with E-state index in [1.54, 1.807) is 0 Å². The fourth-order valence-corrected chi connectivity index (χ4v) is 3.58. The van der Waals surface area contributed by atoms with Crippen LogP contribution in [-0.4, -0.2) is 39.8 Å². The van der Waals surface area contributed by atoms with E-state index in [1.165, 1.54) is 4.90 Å². The van der Waals surface area contributed by atoms with Crippen molar-refractivity contribution >= 4 is 35.1 Å². The van der Waals surface area contributed by atoms with Gasteiger partial charge in [0.15, 0.2) is 5.11 Å². The molecule has 7 nitrogen and oxygen atoms in total. The molecule has 2 fully saturated rings. The number of hydrogen-bond donors (Lipinski definition) is 3. The number of hydrazine groups is 1. The molecule has 134 valence electrons. The largest absolute Gasteiger partial charge is 0.357 e. The summed E-state index contributed by atoms with van der Waals surface area (Å²) in [5.74, 6) is -0.888. The van der Waals surface area contributed by atoms with E-state index in [-0.39, 0.29) is 48.1 Å². The van der Waals surface area contributed by atoms with Crippen LogP contribution < -0.4 is 16.2 Å². The van der Waals surface area contributed by atoms with Crippen molar-refractivity contribution in [2.75, 3.05) is 6.54 Å². The molecule has 2 atom stereocenters. The minimum atomic E-state index is -0.316. The van der Waals surface area contributed by atoms with E-state index in [0.29, 0.717) is 5.11 Å². The van der Waals surface area contributed by atoms with Gasteiger partial charge in [-0.1, -0.05) is 12.8 Å². The van der Waals surface area contributed by atoms with E-state index in [2.05, 4.69) is 16.2 Å². The van der Waals surface area contributed by atoms with Crippen molar-refractivity contribution in [2.24, 2.45) is 11.8 Å². The maximum Gasteiger partial charge on any atom is 0.240 e. The van der Waals surface area contributed by atoms with Crippen molar-refractivity contribution in [3.05, 3.63) is 0 Å². The Kier molecular flexibility index (Phi) is 5.79. The first-order valence-electron chi connectivity index (χ1n) is 8.41. The van der Waals surface area contributed by atoms with E-state index in [4.69, 9.17) is 12.2 Å². The summed E-state index contributed by atoms with van der Waals surface area (Å²) in [5.41, 5.74) is 4.89. The standard InChI is InChI=1S/C16H26N4O3S/c1-16(2,3)17-15(24)19-18-12(21)8-9-20-13(22)10-6-4-5-7-11(10)14(20)23/h10-11H,4-9H2,1-3H3,(H,18,21)(H2,17,19,24)/t10-,11-/m0/s1. The van der Waals surface area contributed by atoms with Crippen molar-refractivity contribution in [2.45, 2.75) is 58.4 Å². The number of hydrogen-bond acceptors (Lipinski definition) is 4. The summed E-state index contributed by atoms with van der Waals surface area (Å²) in [7, 11) is 0. The number of nitrogens with one attached hydrogen (secondary N) is 3. The lowest BCUT2D eigenvalue weighted by molar-refractivity contribution is -0.140. The molecule has 1 aliphatic carbocycles. The van der Waals surface area contributed by atoms with Crippen LogP contribution in [0.3, 0.4) is 0 Å². The Balaban J connectivity index is 1.76. The second-order valence-corrected chi connectivity index (χ2v) is 7.86. The third kappa shape index (κ3) is 4.66. The number of amides is 3. The minimum absolute atomic E-state index is 0.0576. The number of likely N-dealkylation sites (tertiary alicyclic amines) is 1. The summed E-state index contributed by atoms with van der Waals surface area (Å²) < 4.78 is 0. The van der Waals surface area contributed by atoms with Gasteiger partial charge in [-0.2, -0.15) is 0 Å². The van der Waals surface area contributed by atoms with Gasteiger partial charge in [0.1, 0.15) is 0 Å². The number of carbonyl (C=O) groups is 3. The summed E-state index contributed by atoms with van der Waals surface area (Å²) in [6.07, 6.45) is 3.62. The lowest BCUT2D eigenvalue weighted by Gasteiger charge is -2.23. The van der Waals surface area contributed by atoms with E-state index >= 15 is 0 Å². The average molecular weight is 354 g/mol. The molecular formula is C16H26N4O3S. The Labute approximate surface area is 147 Å². The number of fused-ring (bicyclic) bond motifs is 1. The molecule has 0 unspecified atom stereocenters. The van der Waals surface area contributed by atoms with Crippen molar-refractivity contribution < 1.29 is 14.4 Å². The van der Waals surface area contributed by atoms with E-state index in [1.807, 2.05) is 20.8 Å². The fraction of sp³-hybridized carbons (Fsp3) is 0.750. The number of nitrogens with zero attached hydrogens (tertiary/aromatic N) is 1. The average Bonchev–Trinajstić information content (AvgIpc) is 2.74. The molecule has 1 saturated heterocycles. The molecule has 0 aromatic carbocycles. The van der Waals surface area contributed by atoms with Crippen LogP contribution in [0.25, 0.3) is 0 Å². The summed E-state index contributed by atoms with van der Waals surface area (Å²) in [6, 6.07) is 0. The van der Waals surface area contributed by atoms with E-state index in [9.17, 15) is 14.4 Å². The van der Waals surface area contributed by atoms with Crippen LogP contribution in [0.1, 0.15) is 52.9 Å². The van der Waals surface area contributed by atoms with Crippen LogP contribution >= 0.6 is 12.2 Å². The SMILES string of the molecule is CC(C)(C)NC(=S)NNC(=O)CCN1C(=O)[C@H]2CCCC[C@@H]2C1=O. The molecule has 8 heteroatoms. The van der Waals surface area contributed by atoms with Crippen LogP contribution in [0.5, 0.6) is 0 Å². The zero-order valence-electron chi connectivity index (χ0n) is 14.5. The summed E-state index contributed by atoms with van der Waals surface area (Å²) in [4.78, 5) is 37.8. The van der Waals surface area contributed by atoms with Crippen molar-refractivity contribution in [1.29, 1.82) is 0 Å². The molecule has 0 spiro atoms. The molecule has 0 radical (unpaired) electrons. The van der Waals surface area contributed by atoms with Crippen LogP contribution in [0.15, 0.2) is 0 Å². The Morgan fingerprint density at radius 3 is 2.17 bits per heavy atom. The highest BCUT2D eigenvalue weighted by Crippen LogP contribution is 2.37. The van der Waals surface area contributed by atoms with Gasteiger partial charge in [-0.3, -0.25) is 30.1 Å². The molecule has 24 heavy (non-hydrogen) atoms. The number of imide groups is 1. The van der Waals surface area contributed by atoms with Crippen LogP contribution in [0, 0.1) is 11.8 Å². The van der Waals surface area contributed by atoms with E-state index in [0.717, 1.165) is 25.7 Å². The first-order chi connectivity index (χ1) is 11.2. The topological polar surface area (TPSA) is 90.5 Å². The summed E-state index contributed by atoms with van der Waals surface area (Å²) in [6.45, 7) is 5.98. The molecule has 1 aliphatic heterocycles. The quantitative estimate of drug-likeness (QED) is 0.395. The zero-order valence-corrected chi connectivity index (χ0v) is 15.3. The minimum Gasteiger partial charge on any atom is -0.357 e. The maximum atomic E-state index is 12.3. The molecular weight excluding hydrogens is 328 g/mol. The summed E-state index contributed by atoms with van der Waals surface area (Å²) >= 11 is 5.06. The molecule has 3 amide bonds. The second-order valence-electron chi connectivity index (χ2n) is 7.45. The van der Waals surface area contributed by atoms with Gasteiger partial charge >= 0.3 is 0 Å². The Morgan fingerprint density at radius 2 is 1.67 bits per heavy atom. The molecule has 3 N–H and O–H groups in total. The Morgan fingerprint density at radius 1 is 1.12 bits per heavy atom. The van der Waals surface area contributed by atoms with Gasteiger partial charge in [-0.05, 0) is 45.8 Å². The van der Waals surface area contributed by atoms with Gasteiger partial charge in [0.05, 0.1) is 11.8 Å². The monoisotopic (exact) mass is 354 g/mol. The predicted octanol–water partition coefficient (Wildman–Crippen LogP) is 0.845. The smallest absolute Gasteiger partial charge is 0.240 e. The highest BCUT2D eigenvalue weighted by molar-refractivity contribution is 7.80. The lowest BCUT2D eigenvalue weighted by atomic mass is 9.81. The fourth-order valence-electron chi connectivity index (χ4n) is 3.23. The second kappa shape index (κ2) is 7.46. The van der Waals surface area contributed by atoms with Crippen molar-refractivity contribution in [3.63, 3.8) is 0 Å². The van der Waals surface area contributed by atoms with Crippen LogP contribution in [0.4, 0.5) is 0 Å². The normalized spacial score (nSPS) is 23.7. The highest BCUT2D eigenvalue weighted by atomic mass is 32.1. The van der Waals surface area contributed by atoms with E-state index < -0.39 is 0 Å². The van der Waals surface area contributed by atoms with Crippen molar-refractivity contribution in [1.82, 2.24) is 21.1 Å². The summed E-state index contributed by atoms with van der Waals surface area (Å²) in [5, 5.41) is 3.32. The first-order valence-corrected chi connectivity index (χ1v) is 8.82. The number of rotatable bonds is 3. The van der Waals surface area contributed by atoms with Gasteiger partial charge in [0, 0.05) is 18.5 Å². The van der Waals surface area contributed by atoms with Crippen molar-refractivity contribution in [3.8, 4) is 0 Å². The molecule has 2 rings (SSSR count). The lowest BCUT2D eigenvalue weighted by Crippen LogP contribution is -2.52. The Hall–Kier alpha value is -1.70. The highest BCUT2D eigenvalue weighted by Gasteiger charge is 2.47. The number of thiocarbonyl (C=S) groups is 1. The molecule has 1 heterocycles. The molecule has 0 bridgehead atoms. The predicted molar refractivity (Wildman–Crippen MR) is 93.6 cm³/mol. The molecule has 0 aromatic rings. The maximum absolute atomic E-state index is 12.3. The number of carbonyl (C=O) groups excluding carboxylic acids is 3. The molecule has 0 aromatic heterocycles. The van der Waals surface area contributed by atoms with Crippen LogP contribution in [-0.2, 0) is 14.4 Å². The van der Waals surface area contributed by atoms with Gasteiger partial charge in [-0.25, -0.2) is 0 Å². The molecule has 2 aliphatic rings. The third-order valence-corrected chi connectivity index (χ3v) is 4.50. The van der Waals surface area contributed by atoms with Gasteiger partial charge in [0.2, 0.25) is 17.7 Å². The zero-order chi connectivity index (χ0) is 17.9. The van der Waals surface area contributed by atoms with Gasteiger partial charge in [0.25, 0.3) is 0 Å². The van der Waals surface area contributed by atoms with Crippen LogP contribution in [0.2, 0.25) is 0 Å². The molecule has 1 saturated carbocycles. The Bertz CT molecular complexity index is 520. The first kappa shape index (κ1) is 18.6.